The van der Waals surface area contributed by atoms with Gasteiger partial charge in [-0.3, -0.25) is 4.79 Å². The van der Waals surface area contributed by atoms with Crippen LogP contribution in [0.2, 0.25) is 0 Å². The quantitative estimate of drug-likeness (QED) is 0.570. The molecule has 1 aliphatic heterocycles. The van der Waals surface area contributed by atoms with E-state index in [1.54, 1.807) is 11.3 Å². The molecule has 1 aromatic carbocycles. The highest BCUT2D eigenvalue weighted by molar-refractivity contribution is 9.13. The molecule has 1 aromatic heterocycles. The number of benzene rings is 1. The van der Waals surface area contributed by atoms with Crippen LogP contribution in [0.5, 0.6) is 0 Å². The number of fused-ring (bicyclic) bond motifs is 1. The van der Waals surface area contributed by atoms with Gasteiger partial charge in [-0.2, -0.15) is 0 Å². The van der Waals surface area contributed by atoms with Gasteiger partial charge < -0.3 is 5.32 Å². The van der Waals surface area contributed by atoms with Gasteiger partial charge in [0.05, 0.1) is 9.16 Å². The van der Waals surface area contributed by atoms with Gasteiger partial charge in [0.25, 0.3) is 0 Å². The third kappa shape index (κ3) is 3.36. The van der Waals surface area contributed by atoms with Crippen LogP contribution < -0.4 is 5.32 Å². The number of carbonyl (C=O) groups excluding carboxylic acids is 1. The van der Waals surface area contributed by atoms with Gasteiger partial charge in [0.1, 0.15) is 0 Å². The number of aryl methyl sites for hydroxylation is 1. The minimum atomic E-state index is -0.179. The van der Waals surface area contributed by atoms with E-state index in [0.29, 0.717) is 6.42 Å². The molecule has 0 aliphatic carbocycles. The number of thiophene rings is 1. The maximum atomic E-state index is 11.6. The van der Waals surface area contributed by atoms with Crippen molar-refractivity contribution in [1.29, 1.82) is 0 Å². The van der Waals surface area contributed by atoms with Gasteiger partial charge in [0.2, 0.25) is 5.91 Å². The summed E-state index contributed by atoms with van der Waals surface area (Å²) in [5, 5.41) is 2.77. The van der Waals surface area contributed by atoms with Crippen LogP contribution in [0, 0.1) is 0 Å². The summed E-state index contributed by atoms with van der Waals surface area (Å²) < 4.78 is 2.07. The molecule has 2 nitrogen and oxygen atoms in total. The molecule has 2 heterocycles. The van der Waals surface area contributed by atoms with E-state index in [9.17, 15) is 4.79 Å². The first-order chi connectivity index (χ1) is 10.0. The molecule has 0 bridgehead atoms. The number of amides is 1. The number of rotatable bonds is 2. The standard InChI is InChI=1S/C15H12Br2ClNOS/c16-10-7-12(21-15(10)17)14(18)9-4-5-11-8(6-9)2-1-3-13(20)19-11/h4-7,14H,1-3H2,(H,19,20). The van der Waals surface area contributed by atoms with E-state index in [0.717, 1.165) is 37.2 Å². The summed E-state index contributed by atoms with van der Waals surface area (Å²) in [6.07, 6.45) is 2.37. The molecule has 0 spiro atoms. The van der Waals surface area contributed by atoms with E-state index in [1.807, 2.05) is 18.2 Å². The normalized spacial score (nSPS) is 16.0. The van der Waals surface area contributed by atoms with Gasteiger partial charge in [-0.15, -0.1) is 22.9 Å². The lowest BCUT2D eigenvalue weighted by Crippen LogP contribution is -2.09. The number of hydrogen-bond acceptors (Lipinski definition) is 2. The average Bonchev–Trinajstić information content (AvgIpc) is 2.68. The lowest BCUT2D eigenvalue weighted by molar-refractivity contribution is -0.116. The SMILES string of the molecule is O=C1CCCc2cc(C(Cl)c3cc(Br)c(Br)s3)ccc2N1. The van der Waals surface area contributed by atoms with Crippen molar-refractivity contribution in [3.05, 3.63) is 48.5 Å². The van der Waals surface area contributed by atoms with Gasteiger partial charge in [0.15, 0.2) is 0 Å². The zero-order valence-corrected chi connectivity index (χ0v) is 15.7. The molecule has 1 atom stereocenters. The first kappa shape index (κ1) is 15.5. The van der Waals surface area contributed by atoms with Gasteiger partial charge in [-0.1, -0.05) is 12.1 Å². The molecule has 110 valence electrons. The number of nitrogens with one attached hydrogen (secondary N) is 1. The third-order valence-corrected chi connectivity index (χ3v) is 7.40. The average molecular weight is 450 g/mol. The van der Waals surface area contributed by atoms with Crippen LogP contribution in [0.4, 0.5) is 5.69 Å². The minimum Gasteiger partial charge on any atom is -0.326 e. The molecule has 6 heteroatoms. The summed E-state index contributed by atoms with van der Waals surface area (Å²) in [6, 6.07) is 8.10. The first-order valence-electron chi connectivity index (χ1n) is 6.56. The first-order valence-corrected chi connectivity index (χ1v) is 9.40. The zero-order chi connectivity index (χ0) is 15.0. The summed E-state index contributed by atoms with van der Waals surface area (Å²) in [5.74, 6) is 0.0926. The molecule has 0 saturated carbocycles. The lowest BCUT2D eigenvalue weighted by atomic mass is 10.0. The topological polar surface area (TPSA) is 29.1 Å². The number of alkyl halides is 1. The molecule has 1 N–H and O–H groups in total. The summed E-state index contributed by atoms with van der Waals surface area (Å²) in [6.45, 7) is 0. The maximum Gasteiger partial charge on any atom is 0.224 e. The number of hydrogen-bond donors (Lipinski definition) is 1. The van der Waals surface area contributed by atoms with Crippen LogP contribution >= 0.6 is 54.8 Å². The van der Waals surface area contributed by atoms with Gasteiger partial charge in [-0.25, -0.2) is 0 Å². The fourth-order valence-corrected chi connectivity index (χ4v) is 4.83. The van der Waals surface area contributed by atoms with E-state index < -0.39 is 0 Å². The molecule has 0 fully saturated rings. The highest BCUT2D eigenvalue weighted by atomic mass is 79.9. The van der Waals surface area contributed by atoms with Crippen molar-refractivity contribution < 1.29 is 4.79 Å². The second-order valence-electron chi connectivity index (χ2n) is 4.95. The largest absolute Gasteiger partial charge is 0.326 e. The van der Waals surface area contributed by atoms with Crippen molar-refractivity contribution in [3.63, 3.8) is 0 Å². The Labute approximate surface area is 149 Å². The van der Waals surface area contributed by atoms with Crippen molar-refractivity contribution in [3.8, 4) is 0 Å². The van der Waals surface area contributed by atoms with Crippen LogP contribution in [-0.4, -0.2) is 5.91 Å². The molecule has 3 rings (SSSR count). The van der Waals surface area contributed by atoms with Gasteiger partial charge in [0, 0.05) is 21.5 Å². The predicted molar refractivity (Wildman–Crippen MR) is 95.4 cm³/mol. The maximum absolute atomic E-state index is 11.6. The van der Waals surface area contributed by atoms with E-state index in [1.165, 1.54) is 5.56 Å². The second-order valence-corrected chi connectivity index (χ2v) is 8.64. The minimum absolute atomic E-state index is 0.0926. The number of halogens is 3. The van der Waals surface area contributed by atoms with Crippen LogP contribution in [0.15, 0.2) is 32.5 Å². The van der Waals surface area contributed by atoms with Crippen molar-refractivity contribution in [1.82, 2.24) is 0 Å². The fraction of sp³-hybridized carbons (Fsp3) is 0.267. The van der Waals surface area contributed by atoms with E-state index in [4.69, 9.17) is 11.6 Å². The molecular formula is C15H12Br2ClNOS. The Hall–Kier alpha value is -0.360. The monoisotopic (exact) mass is 447 g/mol. The van der Waals surface area contributed by atoms with E-state index >= 15 is 0 Å². The van der Waals surface area contributed by atoms with Crippen molar-refractivity contribution in [2.24, 2.45) is 0 Å². The second kappa shape index (κ2) is 6.41. The summed E-state index contributed by atoms with van der Waals surface area (Å²) in [4.78, 5) is 12.7. The summed E-state index contributed by atoms with van der Waals surface area (Å²) in [7, 11) is 0. The van der Waals surface area contributed by atoms with Crippen molar-refractivity contribution in [2.75, 3.05) is 5.32 Å². The molecule has 21 heavy (non-hydrogen) atoms. The molecule has 2 aromatic rings. The predicted octanol–water partition coefficient (Wildman–Crippen LogP) is 5.88. The van der Waals surface area contributed by atoms with Crippen LogP contribution in [0.25, 0.3) is 0 Å². The van der Waals surface area contributed by atoms with E-state index in [2.05, 4.69) is 43.2 Å². The van der Waals surface area contributed by atoms with Crippen LogP contribution in [-0.2, 0) is 11.2 Å². The zero-order valence-electron chi connectivity index (χ0n) is 11.0. The van der Waals surface area contributed by atoms with Crippen molar-refractivity contribution >= 4 is 66.4 Å². The Morgan fingerprint density at radius 1 is 1.24 bits per heavy atom. The lowest BCUT2D eigenvalue weighted by Gasteiger charge is -2.12. The Morgan fingerprint density at radius 3 is 2.76 bits per heavy atom. The fourth-order valence-electron chi connectivity index (χ4n) is 2.40. The van der Waals surface area contributed by atoms with Gasteiger partial charge >= 0.3 is 0 Å². The van der Waals surface area contributed by atoms with Crippen LogP contribution in [0.1, 0.15) is 34.2 Å². The Morgan fingerprint density at radius 2 is 2.05 bits per heavy atom. The summed E-state index contributed by atoms with van der Waals surface area (Å²) >= 11 is 15.2. The number of anilines is 1. The third-order valence-electron chi connectivity index (χ3n) is 3.46. The van der Waals surface area contributed by atoms with Gasteiger partial charge in [-0.05, 0) is 68.0 Å². The molecule has 0 saturated heterocycles. The highest BCUT2D eigenvalue weighted by Crippen LogP contribution is 2.41. The Kier molecular flexibility index (Phi) is 4.74. The molecular weight excluding hydrogens is 437 g/mol. The molecule has 0 radical (unpaired) electrons. The van der Waals surface area contributed by atoms with Crippen LogP contribution in [0.3, 0.4) is 0 Å². The van der Waals surface area contributed by atoms with Crippen molar-refractivity contribution in [2.45, 2.75) is 24.6 Å². The smallest absolute Gasteiger partial charge is 0.224 e. The highest BCUT2D eigenvalue weighted by Gasteiger charge is 2.18. The molecule has 1 aliphatic rings. The Bertz CT molecular complexity index is 681. The summed E-state index contributed by atoms with van der Waals surface area (Å²) in [5.41, 5.74) is 3.14. The van der Waals surface area contributed by atoms with E-state index in [-0.39, 0.29) is 11.3 Å². The molecule has 1 unspecified atom stereocenters. The molecule has 1 amide bonds. The number of carbonyl (C=O) groups is 1. The Balaban J connectivity index is 1.92.